The second kappa shape index (κ2) is 6.13. The predicted octanol–water partition coefficient (Wildman–Crippen LogP) is 2.82. The van der Waals surface area contributed by atoms with Crippen molar-refractivity contribution in [2.75, 3.05) is 5.73 Å². The van der Waals surface area contributed by atoms with E-state index >= 15 is 0 Å². The Bertz CT molecular complexity index is 600. The molecule has 0 radical (unpaired) electrons. The van der Waals surface area contributed by atoms with Crippen molar-refractivity contribution in [3.63, 3.8) is 0 Å². The van der Waals surface area contributed by atoms with E-state index in [1.807, 2.05) is 18.4 Å². The molecule has 0 fully saturated rings. The number of hydrogen-bond acceptors (Lipinski definition) is 3. The molecule has 20 heavy (non-hydrogen) atoms. The smallest absolute Gasteiger partial charge is 0.268 e. The van der Waals surface area contributed by atoms with Crippen molar-refractivity contribution in [3.8, 4) is 0 Å². The van der Waals surface area contributed by atoms with Crippen molar-refractivity contribution < 1.29 is 4.79 Å². The normalized spacial score (nSPS) is 12.3. The molecule has 2 heterocycles. The maximum Gasteiger partial charge on any atom is 0.268 e. The fourth-order valence-corrected chi connectivity index (χ4v) is 3.25. The zero-order chi connectivity index (χ0) is 14.7. The highest BCUT2D eigenvalue weighted by molar-refractivity contribution is 7.11. The van der Waals surface area contributed by atoms with Crippen LogP contribution in [-0.2, 0) is 13.0 Å². The van der Waals surface area contributed by atoms with E-state index in [0.717, 1.165) is 13.0 Å². The first-order chi connectivity index (χ1) is 9.49. The summed E-state index contributed by atoms with van der Waals surface area (Å²) < 4.78 is 1.87. The van der Waals surface area contributed by atoms with Gasteiger partial charge in [0.2, 0.25) is 0 Å². The zero-order valence-corrected chi connectivity index (χ0v) is 13.0. The van der Waals surface area contributed by atoms with Crippen molar-refractivity contribution in [1.82, 2.24) is 9.88 Å². The summed E-state index contributed by atoms with van der Waals surface area (Å²) in [5.74, 6) is -0.0654. The van der Waals surface area contributed by atoms with Gasteiger partial charge in [-0.05, 0) is 39.0 Å². The van der Waals surface area contributed by atoms with Crippen LogP contribution in [0, 0.1) is 6.92 Å². The molecule has 0 saturated heterocycles. The van der Waals surface area contributed by atoms with Crippen molar-refractivity contribution in [2.45, 2.75) is 39.8 Å². The minimum absolute atomic E-state index is 0.0654. The monoisotopic (exact) mass is 291 g/mol. The average Bonchev–Trinajstić information content (AvgIpc) is 2.95. The van der Waals surface area contributed by atoms with Crippen molar-refractivity contribution in [2.24, 2.45) is 0 Å². The number of nitrogens with two attached hydrogens (primary N) is 1. The van der Waals surface area contributed by atoms with Gasteiger partial charge in [-0.25, -0.2) is 0 Å². The van der Waals surface area contributed by atoms with Crippen LogP contribution in [0.15, 0.2) is 24.4 Å². The number of rotatable bonds is 5. The molecule has 2 rings (SSSR count). The minimum Gasteiger partial charge on any atom is -0.397 e. The second-order valence-corrected chi connectivity index (χ2v) is 6.41. The molecule has 4 nitrogen and oxygen atoms in total. The third-order valence-corrected chi connectivity index (χ3v) is 4.19. The van der Waals surface area contributed by atoms with Crippen molar-refractivity contribution >= 4 is 22.9 Å². The largest absolute Gasteiger partial charge is 0.397 e. The number of aryl methyl sites for hydroxylation is 2. The van der Waals surface area contributed by atoms with E-state index in [9.17, 15) is 4.79 Å². The van der Waals surface area contributed by atoms with Crippen LogP contribution in [0.2, 0.25) is 0 Å². The number of amides is 1. The quantitative estimate of drug-likeness (QED) is 0.890. The number of thiophene rings is 1. The molecule has 108 valence electrons. The Morgan fingerprint density at radius 1 is 1.50 bits per heavy atom. The molecular weight excluding hydrogens is 270 g/mol. The molecule has 1 atom stereocenters. The lowest BCUT2D eigenvalue weighted by atomic mass is 10.2. The molecule has 3 N–H and O–H groups in total. The Morgan fingerprint density at radius 3 is 2.85 bits per heavy atom. The third-order valence-electron chi connectivity index (χ3n) is 3.17. The highest BCUT2D eigenvalue weighted by atomic mass is 32.1. The van der Waals surface area contributed by atoms with Gasteiger partial charge in [0.05, 0.1) is 5.69 Å². The summed E-state index contributed by atoms with van der Waals surface area (Å²) in [7, 11) is 0. The molecule has 1 unspecified atom stereocenters. The van der Waals surface area contributed by atoms with Gasteiger partial charge in [-0.3, -0.25) is 4.79 Å². The Labute approximate surface area is 123 Å². The van der Waals surface area contributed by atoms with E-state index in [2.05, 4.69) is 24.4 Å². The summed E-state index contributed by atoms with van der Waals surface area (Å²) in [5, 5.41) is 3.03. The van der Waals surface area contributed by atoms with Gasteiger partial charge < -0.3 is 15.6 Å². The van der Waals surface area contributed by atoms with Crippen LogP contribution in [0.5, 0.6) is 0 Å². The SMILES string of the molecule is CCn1cc(N)cc1C(=O)NC(C)Cc1ccc(C)s1. The summed E-state index contributed by atoms with van der Waals surface area (Å²) in [4.78, 5) is 14.8. The van der Waals surface area contributed by atoms with Crippen molar-refractivity contribution in [1.29, 1.82) is 0 Å². The van der Waals surface area contributed by atoms with Gasteiger partial charge in [-0.1, -0.05) is 0 Å². The number of nitrogens with zero attached hydrogens (tertiary/aromatic N) is 1. The highest BCUT2D eigenvalue weighted by Gasteiger charge is 2.15. The lowest BCUT2D eigenvalue weighted by Crippen LogP contribution is -2.35. The standard InChI is InChI=1S/C15H21N3OS/c1-4-18-9-12(16)8-14(18)15(19)17-10(2)7-13-6-5-11(3)20-13/h5-6,8-10H,4,7,16H2,1-3H3,(H,17,19). The summed E-state index contributed by atoms with van der Waals surface area (Å²) >= 11 is 1.77. The number of aromatic nitrogens is 1. The first kappa shape index (κ1) is 14.7. The van der Waals surface area contributed by atoms with Crippen molar-refractivity contribution in [3.05, 3.63) is 39.8 Å². The van der Waals surface area contributed by atoms with Crippen LogP contribution < -0.4 is 11.1 Å². The molecule has 2 aromatic rings. The van der Waals surface area contributed by atoms with Gasteiger partial charge in [-0.15, -0.1) is 11.3 Å². The number of carbonyl (C=O) groups is 1. The molecule has 0 saturated carbocycles. The summed E-state index contributed by atoms with van der Waals surface area (Å²) in [6, 6.07) is 6.05. The summed E-state index contributed by atoms with van der Waals surface area (Å²) in [5.41, 5.74) is 7.00. The Morgan fingerprint density at radius 2 is 2.25 bits per heavy atom. The molecule has 0 aromatic carbocycles. The van der Waals surface area contributed by atoms with E-state index < -0.39 is 0 Å². The average molecular weight is 291 g/mol. The Hall–Kier alpha value is -1.75. The van der Waals surface area contributed by atoms with Crippen LogP contribution in [0.3, 0.4) is 0 Å². The van der Waals surface area contributed by atoms with Crippen LogP contribution in [-0.4, -0.2) is 16.5 Å². The topological polar surface area (TPSA) is 60.0 Å². The molecule has 0 bridgehead atoms. The molecule has 0 spiro atoms. The number of nitrogen functional groups attached to an aromatic ring is 1. The zero-order valence-electron chi connectivity index (χ0n) is 12.1. The number of hydrogen-bond donors (Lipinski definition) is 2. The van der Waals surface area contributed by atoms with E-state index in [1.54, 1.807) is 23.6 Å². The van der Waals surface area contributed by atoms with Crippen LogP contribution in [0.4, 0.5) is 5.69 Å². The fourth-order valence-electron chi connectivity index (χ4n) is 2.23. The highest BCUT2D eigenvalue weighted by Crippen LogP contribution is 2.17. The molecule has 0 aliphatic carbocycles. The molecular formula is C15H21N3OS. The predicted molar refractivity (Wildman–Crippen MR) is 84.2 cm³/mol. The van der Waals surface area contributed by atoms with Gasteiger partial charge in [-0.2, -0.15) is 0 Å². The molecule has 0 aliphatic rings. The number of anilines is 1. The van der Waals surface area contributed by atoms with Crippen LogP contribution >= 0.6 is 11.3 Å². The van der Waals surface area contributed by atoms with Gasteiger partial charge in [0.1, 0.15) is 5.69 Å². The van der Waals surface area contributed by atoms with Gasteiger partial charge >= 0.3 is 0 Å². The number of nitrogens with one attached hydrogen (secondary N) is 1. The molecule has 1 amide bonds. The molecule has 2 aromatic heterocycles. The van der Waals surface area contributed by atoms with E-state index in [4.69, 9.17) is 5.73 Å². The lowest BCUT2D eigenvalue weighted by molar-refractivity contribution is 0.0931. The van der Waals surface area contributed by atoms with E-state index in [-0.39, 0.29) is 11.9 Å². The van der Waals surface area contributed by atoms with E-state index in [1.165, 1.54) is 9.75 Å². The fraction of sp³-hybridized carbons (Fsp3) is 0.400. The Kier molecular flexibility index (Phi) is 4.49. The van der Waals surface area contributed by atoms with Crippen LogP contribution in [0.1, 0.15) is 34.1 Å². The molecule has 0 aliphatic heterocycles. The van der Waals surface area contributed by atoms with Gasteiger partial charge in [0.25, 0.3) is 5.91 Å². The van der Waals surface area contributed by atoms with Crippen LogP contribution in [0.25, 0.3) is 0 Å². The second-order valence-electron chi connectivity index (χ2n) is 5.04. The maximum atomic E-state index is 12.3. The lowest BCUT2D eigenvalue weighted by Gasteiger charge is -2.14. The van der Waals surface area contributed by atoms with Gasteiger partial charge in [0, 0.05) is 35.0 Å². The van der Waals surface area contributed by atoms with Gasteiger partial charge in [0.15, 0.2) is 0 Å². The summed E-state index contributed by atoms with van der Waals surface area (Å²) in [6.45, 7) is 6.84. The first-order valence-electron chi connectivity index (χ1n) is 6.81. The maximum absolute atomic E-state index is 12.3. The summed E-state index contributed by atoms with van der Waals surface area (Å²) in [6.07, 6.45) is 2.65. The molecule has 5 heteroatoms. The minimum atomic E-state index is -0.0654. The third kappa shape index (κ3) is 3.42. The Balaban J connectivity index is 1.99. The van der Waals surface area contributed by atoms with E-state index in [0.29, 0.717) is 11.4 Å². The number of carbonyl (C=O) groups excluding carboxylic acids is 1. The first-order valence-corrected chi connectivity index (χ1v) is 7.63.